The molecule has 5 rings (SSSR count). The summed E-state index contributed by atoms with van der Waals surface area (Å²) in [6.07, 6.45) is 8.71. The van der Waals surface area contributed by atoms with Crippen molar-refractivity contribution >= 4 is 22.6 Å². The number of anilines is 1. The molecule has 34 heavy (non-hydrogen) atoms. The molecule has 1 aromatic carbocycles. The fourth-order valence-electron chi connectivity index (χ4n) is 4.37. The van der Waals surface area contributed by atoms with Crippen molar-refractivity contribution in [3.63, 3.8) is 0 Å². The Morgan fingerprint density at radius 1 is 1.15 bits per heavy atom. The van der Waals surface area contributed by atoms with Crippen LogP contribution >= 0.6 is 0 Å². The van der Waals surface area contributed by atoms with Crippen LogP contribution in [0.4, 0.5) is 19.0 Å². The Bertz CT molecular complexity index is 1370. The molecule has 3 N–H and O–H groups in total. The average Bonchev–Trinajstić information content (AvgIpc) is 3.42. The van der Waals surface area contributed by atoms with Crippen LogP contribution in [-0.4, -0.2) is 42.5 Å². The van der Waals surface area contributed by atoms with E-state index >= 15 is 0 Å². The molecule has 8 nitrogen and oxygen atoms in total. The molecule has 0 radical (unpaired) electrons. The molecule has 1 unspecified atom stereocenters. The van der Waals surface area contributed by atoms with Crippen molar-refractivity contribution in [2.45, 2.75) is 37.8 Å². The summed E-state index contributed by atoms with van der Waals surface area (Å²) in [6, 6.07) is 1.75. The molecule has 0 bridgehead atoms. The van der Waals surface area contributed by atoms with E-state index in [0.29, 0.717) is 17.7 Å². The first-order chi connectivity index (χ1) is 16.4. The van der Waals surface area contributed by atoms with Crippen LogP contribution in [0.15, 0.2) is 37.1 Å². The Morgan fingerprint density at radius 2 is 1.97 bits per heavy atom. The number of carbonyl (C=O) groups is 1. The zero-order chi connectivity index (χ0) is 23.8. The Morgan fingerprint density at radius 3 is 2.76 bits per heavy atom. The summed E-state index contributed by atoms with van der Waals surface area (Å²) in [4.78, 5) is 27.6. The molecule has 0 saturated heterocycles. The fraction of sp³-hybridized carbons (Fsp3) is 0.304. The molecule has 0 aliphatic heterocycles. The number of halogens is 3. The molecule has 1 fully saturated rings. The van der Waals surface area contributed by atoms with Crippen LogP contribution in [0.2, 0.25) is 0 Å². The van der Waals surface area contributed by atoms with Crippen molar-refractivity contribution < 1.29 is 18.0 Å². The lowest BCUT2D eigenvalue weighted by Crippen LogP contribution is -2.42. The largest absolute Gasteiger partial charge is 0.365 e. The Balaban J connectivity index is 1.33. The quantitative estimate of drug-likeness (QED) is 0.411. The highest BCUT2D eigenvalue weighted by atomic mass is 19.1. The second-order valence-corrected chi connectivity index (χ2v) is 8.51. The maximum Gasteiger partial charge on any atom is 0.271 e. The van der Waals surface area contributed by atoms with E-state index in [0.717, 1.165) is 31.5 Å². The monoisotopic (exact) mass is 469 g/mol. The van der Waals surface area contributed by atoms with Gasteiger partial charge in [-0.2, -0.15) is 0 Å². The number of hydrogen-bond donors (Lipinski definition) is 3. The highest BCUT2D eigenvalue weighted by Crippen LogP contribution is 2.30. The molecule has 4 aromatic rings. The van der Waals surface area contributed by atoms with E-state index in [4.69, 9.17) is 0 Å². The van der Waals surface area contributed by atoms with Gasteiger partial charge in [-0.25, -0.2) is 28.1 Å². The zero-order valence-electron chi connectivity index (χ0n) is 18.3. The Kier molecular flexibility index (Phi) is 5.68. The summed E-state index contributed by atoms with van der Waals surface area (Å²) in [5.74, 6) is -2.22. The van der Waals surface area contributed by atoms with Crippen LogP contribution in [0.25, 0.3) is 22.3 Å². The van der Waals surface area contributed by atoms with Crippen LogP contribution in [-0.2, 0) is 7.05 Å². The first-order valence-corrected chi connectivity index (χ1v) is 10.9. The minimum atomic E-state index is -0.734. The molecule has 2 atom stereocenters. The van der Waals surface area contributed by atoms with Crippen molar-refractivity contribution in [3.8, 4) is 11.4 Å². The summed E-state index contributed by atoms with van der Waals surface area (Å²) < 4.78 is 44.0. The average molecular weight is 469 g/mol. The number of carbonyl (C=O) groups excluding carboxylic acids is 1. The van der Waals surface area contributed by atoms with E-state index in [1.54, 1.807) is 24.1 Å². The number of benzene rings is 1. The first-order valence-electron chi connectivity index (χ1n) is 10.9. The third-order valence-corrected chi connectivity index (χ3v) is 5.98. The standard InChI is InChI=1S/C23H22F3N7O/c1-33-10-19(29-11-33)23(34)31-14-4-2-3-13(7-14)30-22-18(26)9-28-21(32-22)16-8-27-20-15(16)5-12(24)6-17(20)25/h5-6,8-11,13-14,27H,2-4,7H2,1H3,(H,31,34)(H,28,30,32)/t13-,14?/m0/s1. The maximum atomic E-state index is 14.5. The number of imidazole rings is 1. The van der Waals surface area contributed by atoms with E-state index in [2.05, 4.69) is 30.6 Å². The van der Waals surface area contributed by atoms with Gasteiger partial charge in [0.15, 0.2) is 17.5 Å². The normalized spacial score (nSPS) is 18.2. The Labute approximate surface area is 192 Å². The maximum absolute atomic E-state index is 14.5. The van der Waals surface area contributed by atoms with Gasteiger partial charge in [0.05, 0.1) is 18.0 Å². The topological polar surface area (TPSA) is 101 Å². The first kappa shape index (κ1) is 21.9. The molecular formula is C23H22F3N7O. The van der Waals surface area contributed by atoms with E-state index in [1.807, 2.05) is 0 Å². The highest BCUT2D eigenvalue weighted by molar-refractivity contribution is 5.94. The fourth-order valence-corrected chi connectivity index (χ4v) is 4.37. The van der Waals surface area contributed by atoms with Crippen molar-refractivity contribution in [2.24, 2.45) is 7.05 Å². The van der Waals surface area contributed by atoms with Gasteiger partial charge in [0.2, 0.25) is 0 Å². The lowest BCUT2D eigenvalue weighted by molar-refractivity contribution is 0.0921. The summed E-state index contributed by atoms with van der Waals surface area (Å²) in [6.45, 7) is 0. The number of nitrogens with one attached hydrogen (secondary N) is 3. The number of aryl methyl sites for hydroxylation is 1. The van der Waals surface area contributed by atoms with Crippen molar-refractivity contribution in [3.05, 3.63) is 60.2 Å². The van der Waals surface area contributed by atoms with Crippen LogP contribution in [0.1, 0.15) is 36.2 Å². The van der Waals surface area contributed by atoms with E-state index < -0.39 is 17.5 Å². The summed E-state index contributed by atoms with van der Waals surface area (Å²) >= 11 is 0. The van der Waals surface area contributed by atoms with Gasteiger partial charge in [0, 0.05) is 48.5 Å². The predicted molar refractivity (Wildman–Crippen MR) is 120 cm³/mol. The van der Waals surface area contributed by atoms with Gasteiger partial charge in [0.25, 0.3) is 5.91 Å². The van der Waals surface area contributed by atoms with Gasteiger partial charge >= 0.3 is 0 Å². The second kappa shape index (κ2) is 8.81. The van der Waals surface area contributed by atoms with Gasteiger partial charge in [-0.15, -0.1) is 0 Å². The number of aromatic nitrogens is 5. The molecule has 3 aromatic heterocycles. The van der Waals surface area contributed by atoms with E-state index in [-0.39, 0.29) is 40.5 Å². The molecule has 1 saturated carbocycles. The number of H-pyrrole nitrogens is 1. The van der Waals surface area contributed by atoms with Crippen LogP contribution < -0.4 is 10.6 Å². The highest BCUT2D eigenvalue weighted by Gasteiger charge is 2.26. The smallest absolute Gasteiger partial charge is 0.271 e. The third-order valence-electron chi connectivity index (χ3n) is 5.98. The lowest BCUT2D eigenvalue weighted by Gasteiger charge is -2.30. The van der Waals surface area contributed by atoms with Crippen molar-refractivity contribution in [2.75, 3.05) is 5.32 Å². The van der Waals surface area contributed by atoms with Crippen molar-refractivity contribution in [1.29, 1.82) is 0 Å². The minimum Gasteiger partial charge on any atom is -0.365 e. The molecule has 0 spiro atoms. The number of fused-ring (bicyclic) bond motifs is 1. The van der Waals surface area contributed by atoms with Gasteiger partial charge in [-0.3, -0.25) is 4.79 Å². The molecule has 3 heterocycles. The van der Waals surface area contributed by atoms with Gasteiger partial charge in [0.1, 0.15) is 17.3 Å². The summed E-state index contributed by atoms with van der Waals surface area (Å²) in [5.41, 5.74) is 0.828. The Hall–Kier alpha value is -3.89. The molecular weight excluding hydrogens is 447 g/mol. The van der Waals surface area contributed by atoms with Crippen LogP contribution in [0, 0.1) is 17.5 Å². The molecule has 1 aliphatic carbocycles. The van der Waals surface area contributed by atoms with Crippen LogP contribution in [0.3, 0.4) is 0 Å². The number of hydrogen-bond acceptors (Lipinski definition) is 5. The lowest BCUT2D eigenvalue weighted by atomic mass is 9.91. The van der Waals surface area contributed by atoms with Crippen molar-refractivity contribution in [1.82, 2.24) is 29.8 Å². The molecule has 176 valence electrons. The number of nitrogens with zero attached hydrogens (tertiary/aromatic N) is 4. The third kappa shape index (κ3) is 4.33. The molecule has 1 aliphatic rings. The zero-order valence-corrected chi connectivity index (χ0v) is 18.3. The van der Waals surface area contributed by atoms with Gasteiger partial charge in [-0.05, 0) is 31.7 Å². The minimum absolute atomic E-state index is 0.00192. The van der Waals surface area contributed by atoms with Gasteiger partial charge in [-0.1, -0.05) is 0 Å². The van der Waals surface area contributed by atoms with E-state index in [1.165, 1.54) is 12.3 Å². The SMILES string of the molecule is Cn1cnc(C(=O)NC2CCC[C@H](Nc3nc(-c4c[nH]c5c(F)cc(F)cc45)ncc3F)C2)c1. The van der Waals surface area contributed by atoms with E-state index in [9.17, 15) is 18.0 Å². The number of aromatic amines is 1. The summed E-state index contributed by atoms with van der Waals surface area (Å²) in [5, 5.41) is 6.37. The second-order valence-electron chi connectivity index (χ2n) is 8.51. The predicted octanol–water partition coefficient (Wildman–Crippen LogP) is 3.93. The summed E-state index contributed by atoms with van der Waals surface area (Å²) in [7, 11) is 1.79. The number of rotatable bonds is 5. The molecule has 11 heteroatoms. The molecule has 1 amide bonds. The van der Waals surface area contributed by atoms with Crippen LogP contribution in [0.5, 0.6) is 0 Å². The number of amides is 1. The van der Waals surface area contributed by atoms with Gasteiger partial charge < -0.3 is 20.2 Å².